The number of ether oxygens (including phenoxy) is 1. The molecule has 1 aliphatic rings. The number of morpholine rings is 1. The summed E-state index contributed by atoms with van der Waals surface area (Å²) in [6.07, 6.45) is -0.126. The molecule has 11 heteroatoms. The number of nitrogens with zero attached hydrogens (tertiary/aromatic N) is 2. The minimum absolute atomic E-state index is 0.126. The van der Waals surface area contributed by atoms with Crippen LogP contribution in [-0.2, 0) is 14.8 Å². The van der Waals surface area contributed by atoms with Gasteiger partial charge in [0.1, 0.15) is 5.82 Å². The zero-order valence-corrected chi connectivity index (χ0v) is 17.7. The van der Waals surface area contributed by atoms with Crippen LogP contribution in [0, 0.1) is 15.9 Å². The van der Waals surface area contributed by atoms with Crippen molar-refractivity contribution in [3.05, 3.63) is 69.0 Å². The second kappa shape index (κ2) is 9.36. The van der Waals surface area contributed by atoms with Gasteiger partial charge in [0.2, 0.25) is 10.0 Å². The van der Waals surface area contributed by atoms with Crippen molar-refractivity contribution in [2.24, 2.45) is 0 Å². The van der Waals surface area contributed by atoms with Gasteiger partial charge in [-0.15, -0.1) is 0 Å². The van der Waals surface area contributed by atoms with Crippen LogP contribution in [0.2, 0.25) is 5.02 Å². The van der Waals surface area contributed by atoms with Crippen LogP contribution in [-0.4, -0.2) is 50.6 Å². The average Bonchev–Trinajstić information content (AvgIpc) is 2.70. The van der Waals surface area contributed by atoms with Gasteiger partial charge in [-0.2, -0.15) is 0 Å². The van der Waals surface area contributed by atoms with Gasteiger partial charge in [-0.1, -0.05) is 29.8 Å². The summed E-state index contributed by atoms with van der Waals surface area (Å²) in [6, 6.07) is 8.60. The number of benzene rings is 2. The van der Waals surface area contributed by atoms with E-state index in [0.29, 0.717) is 19.7 Å². The van der Waals surface area contributed by atoms with Crippen LogP contribution in [0.5, 0.6) is 0 Å². The average molecular weight is 458 g/mol. The molecule has 1 aliphatic heterocycles. The molecule has 2 atom stereocenters. The molecule has 0 aliphatic carbocycles. The normalized spacial score (nSPS) is 18.8. The first-order chi connectivity index (χ1) is 14.2. The van der Waals surface area contributed by atoms with E-state index < -0.39 is 37.4 Å². The fraction of sp³-hybridized carbons (Fsp3) is 0.368. The highest BCUT2D eigenvalue weighted by Crippen LogP contribution is 2.32. The largest absolute Gasteiger partial charge is 0.376 e. The summed E-state index contributed by atoms with van der Waals surface area (Å²) in [4.78, 5) is 11.9. The van der Waals surface area contributed by atoms with E-state index in [9.17, 15) is 22.9 Å². The Morgan fingerprint density at radius 2 is 2.07 bits per heavy atom. The molecule has 162 valence electrons. The highest BCUT2D eigenvalue weighted by molar-refractivity contribution is 7.89. The lowest BCUT2D eigenvalue weighted by Crippen LogP contribution is -2.46. The van der Waals surface area contributed by atoms with Crippen LogP contribution in [0.1, 0.15) is 18.5 Å². The van der Waals surface area contributed by atoms with Gasteiger partial charge in [-0.25, -0.2) is 17.5 Å². The molecule has 0 radical (unpaired) electrons. The molecule has 30 heavy (non-hydrogen) atoms. The lowest BCUT2D eigenvalue weighted by Gasteiger charge is -2.38. The van der Waals surface area contributed by atoms with E-state index in [0.717, 1.165) is 12.1 Å². The Morgan fingerprint density at radius 3 is 2.73 bits per heavy atom. The molecule has 0 amide bonds. The Morgan fingerprint density at radius 1 is 1.33 bits per heavy atom. The SMILES string of the molecule is CC1CN(C(CNS(=O)(=O)c2ccccc2[N+](=O)[O-])c2c(F)cccc2Cl)CCO1. The molecule has 0 bridgehead atoms. The number of nitro groups is 1. The maximum atomic E-state index is 14.7. The number of halogens is 2. The Kier molecular flexibility index (Phi) is 7.04. The van der Waals surface area contributed by atoms with Crippen molar-refractivity contribution in [1.29, 1.82) is 0 Å². The molecule has 1 saturated heterocycles. The van der Waals surface area contributed by atoms with Crippen LogP contribution in [0.3, 0.4) is 0 Å². The monoisotopic (exact) mass is 457 g/mol. The summed E-state index contributed by atoms with van der Waals surface area (Å²) in [5.74, 6) is -0.559. The number of nitro benzene ring substituents is 1. The minimum atomic E-state index is -4.23. The van der Waals surface area contributed by atoms with Crippen LogP contribution in [0.25, 0.3) is 0 Å². The Balaban J connectivity index is 1.93. The topological polar surface area (TPSA) is 102 Å². The molecule has 1 N–H and O–H groups in total. The molecule has 0 saturated carbocycles. The number of nitrogens with one attached hydrogen (secondary N) is 1. The van der Waals surface area contributed by atoms with E-state index in [1.54, 1.807) is 0 Å². The third kappa shape index (κ3) is 4.96. The van der Waals surface area contributed by atoms with Gasteiger partial charge in [0.05, 0.1) is 23.7 Å². The molecule has 0 spiro atoms. The van der Waals surface area contributed by atoms with E-state index >= 15 is 0 Å². The summed E-state index contributed by atoms with van der Waals surface area (Å²) in [6.45, 7) is 2.95. The van der Waals surface area contributed by atoms with E-state index in [4.69, 9.17) is 16.3 Å². The summed E-state index contributed by atoms with van der Waals surface area (Å²) < 4.78 is 48.2. The molecule has 2 unspecified atom stereocenters. The number of rotatable bonds is 7. The molecule has 2 aromatic rings. The van der Waals surface area contributed by atoms with E-state index in [2.05, 4.69) is 4.72 Å². The van der Waals surface area contributed by atoms with Crippen LogP contribution >= 0.6 is 11.6 Å². The van der Waals surface area contributed by atoms with Crippen LogP contribution in [0.15, 0.2) is 47.4 Å². The predicted octanol–water partition coefficient (Wildman–Crippen LogP) is 3.13. The smallest absolute Gasteiger partial charge is 0.289 e. The zero-order valence-electron chi connectivity index (χ0n) is 16.1. The molecule has 1 heterocycles. The second-order valence-corrected chi connectivity index (χ2v) is 9.05. The molecule has 0 aromatic heterocycles. The number of para-hydroxylation sites is 1. The van der Waals surface area contributed by atoms with Crippen LogP contribution in [0.4, 0.5) is 10.1 Å². The van der Waals surface area contributed by atoms with Gasteiger partial charge >= 0.3 is 0 Å². The van der Waals surface area contributed by atoms with Crippen molar-refractivity contribution in [2.45, 2.75) is 24.0 Å². The Labute approximate surface area is 178 Å². The summed E-state index contributed by atoms with van der Waals surface area (Å²) in [5, 5.41) is 11.4. The van der Waals surface area contributed by atoms with Crippen molar-refractivity contribution in [3.63, 3.8) is 0 Å². The maximum Gasteiger partial charge on any atom is 0.289 e. The third-order valence-electron chi connectivity index (χ3n) is 4.86. The van der Waals surface area contributed by atoms with Gasteiger partial charge in [0.15, 0.2) is 4.90 Å². The summed E-state index contributed by atoms with van der Waals surface area (Å²) >= 11 is 6.25. The van der Waals surface area contributed by atoms with Crippen molar-refractivity contribution < 1.29 is 22.5 Å². The standard InChI is InChI=1S/C19H21ClFN3O5S/c1-13-12-23(9-10-29-13)17(19-14(20)5-4-6-15(19)21)11-22-30(27,28)18-8-3-2-7-16(18)24(25)26/h2-8,13,17,22H,9-12H2,1H3. The first-order valence-corrected chi connectivity index (χ1v) is 11.1. The summed E-state index contributed by atoms with van der Waals surface area (Å²) in [5.41, 5.74) is -0.371. The predicted molar refractivity (Wildman–Crippen MR) is 109 cm³/mol. The molecule has 8 nitrogen and oxygen atoms in total. The van der Waals surface area contributed by atoms with E-state index in [1.807, 2.05) is 11.8 Å². The van der Waals surface area contributed by atoms with Crippen molar-refractivity contribution in [3.8, 4) is 0 Å². The Hall–Kier alpha value is -2.11. The number of hydrogen-bond acceptors (Lipinski definition) is 6. The first kappa shape index (κ1) is 22.6. The van der Waals surface area contributed by atoms with Crippen molar-refractivity contribution in [1.82, 2.24) is 9.62 Å². The first-order valence-electron chi connectivity index (χ1n) is 9.23. The fourth-order valence-electron chi connectivity index (χ4n) is 3.47. The summed E-state index contributed by atoms with van der Waals surface area (Å²) in [7, 11) is -4.23. The molecule has 2 aromatic carbocycles. The van der Waals surface area contributed by atoms with Gasteiger partial charge in [-0.3, -0.25) is 15.0 Å². The highest BCUT2D eigenvalue weighted by Gasteiger charge is 2.32. The molecule has 3 rings (SSSR count). The second-order valence-electron chi connectivity index (χ2n) is 6.90. The lowest BCUT2D eigenvalue weighted by atomic mass is 10.0. The van der Waals surface area contributed by atoms with Gasteiger partial charge in [0.25, 0.3) is 5.69 Å². The molecular formula is C19H21ClFN3O5S. The minimum Gasteiger partial charge on any atom is -0.376 e. The lowest BCUT2D eigenvalue weighted by molar-refractivity contribution is -0.387. The van der Waals surface area contributed by atoms with Crippen molar-refractivity contribution >= 4 is 27.3 Å². The quantitative estimate of drug-likeness (QED) is 0.506. The maximum absolute atomic E-state index is 14.7. The third-order valence-corrected chi connectivity index (χ3v) is 6.66. The van der Waals surface area contributed by atoms with Gasteiger partial charge in [0, 0.05) is 36.3 Å². The van der Waals surface area contributed by atoms with E-state index in [1.165, 1.54) is 30.3 Å². The fourth-order valence-corrected chi connectivity index (χ4v) is 4.97. The Bertz CT molecular complexity index is 1020. The zero-order chi connectivity index (χ0) is 21.9. The van der Waals surface area contributed by atoms with E-state index in [-0.39, 0.29) is 23.2 Å². The highest BCUT2D eigenvalue weighted by atomic mass is 35.5. The van der Waals surface area contributed by atoms with Crippen molar-refractivity contribution in [2.75, 3.05) is 26.2 Å². The van der Waals surface area contributed by atoms with Gasteiger partial charge in [-0.05, 0) is 25.1 Å². The number of sulfonamides is 1. The number of hydrogen-bond donors (Lipinski definition) is 1. The molecular weight excluding hydrogens is 437 g/mol. The van der Waals surface area contributed by atoms with Gasteiger partial charge < -0.3 is 4.74 Å². The van der Waals surface area contributed by atoms with Crippen LogP contribution < -0.4 is 4.72 Å². The molecule has 1 fully saturated rings.